The molecule has 0 saturated heterocycles. The van der Waals surface area contributed by atoms with Gasteiger partial charge in [-0.3, -0.25) is 14.4 Å². The summed E-state index contributed by atoms with van der Waals surface area (Å²) in [6.07, 6.45) is 0.172. The number of aryl methyl sites for hydroxylation is 2. The molecular formula is C25H44I6N5O8-. The first-order valence-electron chi connectivity index (χ1n) is 12.7. The summed E-state index contributed by atoms with van der Waals surface area (Å²) in [6, 6.07) is -0.161. The van der Waals surface area contributed by atoms with Crippen LogP contribution in [0.1, 0.15) is 111 Å². The molecular weight excluding hydrogens is 1260 g/mol. The van der Waals surface area contributed by atoms with Gasteiger partial charge in [0.25, 0.3) is 0 Å². The van der Waals surface area contributed by atoms with Crippen molar-refractivity contribution in [3.8, 4) is 0 Å². The summed E-state index contributed by atoms with van der Waals surface area (Å²) >= 11 is 9.54. The number of aliphatic carboxylic acids is 1. The minimum absolute atomic E-state index is 0. The van der Waals surface area contributed by atoms with E-state index in [4.69, 9.17) is 29.4 Å². The van der Waals surface area contributed by atoms with Crippen LogP contribution in [0.4, 0.5) is 0 Å². The number of carboxylic acid groups (broad SMARTS) is 1. The molecule has 0 spiro atoms. The fourth-order valence-corrected chi connectivity index (χ4v) is 2.45. The molecule has 0 radical (unpaired) electrons. The number of nitrogens with two attached hydrogens (primary N) is 1. The third-order valence-electron chi connectivity index (χ3n) is 4.10. The first-order valence-corrected chi connectivity index (χ1v) is 31.5. The quantitative estimate of drug-likeness (QED) is 0.271. The minimum atomic E-state index is -0.981. The summed E-state index contributed by atoms with van der Waals surface area (Å²) in [6.45, 7) is 19.4. The van der Waals surface area contributed by atoms with Crippen molar-refractivity contribution in [1.29, 1.82) is 0 Å². The summed E-state index contributed by atoms with van der Waals surface area (Å²) in [5.74, 6) is -0.334. The van der Waals surface area contributed by atoms with E-state index < -0.39 is 29.1 Å². The number of rotatable bonds is 7. The van der Waals surface area contributed by atoms with E-state index in [1.165, 1.54) is 6.92 Å². The molecule has 2 rings (SSSR count). The molecule has 2 heterocycles. The molecule has 2 aromatic rings. The Morgan fingerprint density at radius 3 is 1.43 bits per heavy atom. The molecule has 0 aliphatic heterocycles. The zero-order chi connectivity index (χ0) is 34.6. The molecule has 260 valence electrons. The van der Waals surface area contributed by atoms with Crippen LogP contribution in [-0.4, -0.2) is 54.5 Å². The average molecular weight is 1300 g/mol. The van der Waals surface area contributed by atoms with E-state index in [9.17, 15) is 14.4 Å². The van der Waals surface area contributed by atoms with Gasteiger partial charge < -0.3 is 29.4 Å². The van der Waals surface area contributed by atoms with Gasteiger partial charge in [-0.2, -0.15) is 9.97 Å². The summed E-state index contributed by atoms with van der Waals surface area (Å²) in [5.41, 5.74) is 4.43. The normalized spacial score (nSPS) is 12.4. The van der Waals surface area contributed by atoms with E-state index in [0.717, 1.165) is 0 Å². The van der Waals surface area contributed by atoms with Gasteiger partial charge in [-0.25, -0.2) is 0 Å². The Morgan fingerprint density at radius 2 is 1.18 bits per heavy atom. The van der Waals surface area contributed by atoms with Crippen molar-refractivity contribution in [2.24, 2.45) is 11.7 Å². The van der Waals surface area contributed by atoms with Crippen LogP contribution < -0.4 is 19.0 Å². The van der Waals surface area contributed by atoms with Crippen LogP contribution in [0.5, 0.6) is 0 Å². The Labute approximate surface area is 330 Å². The molecule has 0 unspecified atom stereocenters. The number of halogens is 6. The van der Waals surface area contributed by atoms with Gasteiger partial charge in [-0.1, -0.05) is 24.2 Å². The fourth-order valence-electron chi connectivity index (χ4n) is 2.45. The zero-order valence-corrected chi connectivity index (χ0v) is 39.7. The van der Waals surface area contributed by atoms with Crippen molar-refractivity contribution in [2.75, 3.05) is 0 Å². The van der Waals surface area contributed by atoms with E-state index >= 15 is 0 Å². The van der Waals surface area contributed by atoms with Crippen LogP contribution in [0.25, 0.3) is 0 Å². The van der Waals surface area contributed by atoms with Crippen LogP contribution in [0.15, 0.2) is 9.05 Å². The molecule has 0 bridgehead atoms. The summed E-state index contributed by atoms with van der Waals surface area (Å²) in [4.78, 5) is 41.0. The van der Waals surface area contributed by atoms with Gasteiger partial charge in [-0.05, 0) is 62.3 Å². The van der Waals surface area contributed by atoms with Crippen LogP contribution in [-0.2, 0) is 23.9 Å². The second-order valence-electron chi connectivity index (χ2n) is 10.9. The number of esters is 2. The second kappa shape index (κ2) is 27.9. The van der Waals surface area contributed by atoms with Crippen molar-refractivity contribution in [1.82, 2.24) is 20.3 Å². The molecule has 13 nitrogen and oxygen atoms in total. The van der Waals surface area contributed by atoms with Crippen molar-refractivity contribution >= 4 is 116 Å². The van der Waals surface area contributed by atoms with Crippen LogP contribution in [0, 0.1) is 19.8 Å². The van der Waals surface area contributed by atoms with E-state index in [0.29, 0.717) is 36.7 Å². The Bertz CT molecular complexity index is 1060. The van der Waals surface area contributed by atoms with Crippen LogP contribution in [0.3, 0.4) is 0 Å². The average Bonchev–Trinajstić information content (AvgIpc) is 3.47. The third kappa shape index (κ3) is 31.6. The predicted octanol–water partition coefficient (Wildman–Crippen LogP) is 5.21. The molecule has 0 amide bonds. The van der Waals surface area contributed by atoms with Gasteiger partial charge >= 0.3 is 68.4 Å². The van der Waals surface area contributed by atoms with Gasteiger partial charge in [0.15, 0.2) is 11.6 Å². The van der Waals surface area contributed by atoms with Crippen molar-refractivity contribution in [2.45, 2.75) is 112 Å². The summed E-state index contributed by atoms with van der Waals surface area (Å²) in [7, 11) is 0. The Balaban J connectivity index is -0.000000258. The van der Waals surface area contributed by atoms with E-state index in [-0.39, 0.29) is 54.7 Å². The molecule has 0 aliphatic carbocycles. The Morgan fingerprint density at radius 1 is 0.841 bits per heavy atom. The second-order valence-corrected chi connectivity index (χ2v) is 27.2. The summed E-state index contributed by atoms with van der Waals surface area (Å²) in [5, 5.41) is 15.8. The molecule has 3 atom stereocenters. The maximum absolute atomic E-state index is 11.5. The first kappa shape index (κ1) is 51.9. The molecule has 3 N–H and O–H groups in total. The SMILES string of the molecule is C[C@@H](CC(=O)OC(C)(C)C)C(=O)O.Cc1noc([C@@H](C)CC(=O)OC(C)(C)C)n1.Cc1noc([C@@H](C)N)n1.I.II.I[I-]I. The monoisotopic (exact) mass is 1300 g/mol. The van der Waals surface area contributed by atoms with E-state index in [1.54, 1.807) is 41.5 Å². The molecule has 0 aliphatic rings. The molecule has 0 aromatic carbocycles. The fraction of sp³-hybridized carbons (Fsp3) is 0.720. The van der Waals surface area contributed by atoms with Crippen LogP contribution >= 0.6 is 98.4 Å². The molecule has 0 fully saturated rings. The number of aromatic nitrogens is 4. The number of ether oxygens (including phenoxy) is 2. The van der Waals surface area contributed by atoms with Crippen molar-refractivity contribution in [3.63, 3.8) is 0 Å². The van der Waals surface area contributed by atoms with Crippen molar-refractivity contribution in [3.05, 3.63) is 23.4 Å². The predicted molar refractivity (Wildman–Crippen MR) is 208 cm³/mol. The van der Waals surface area contributed by atoms with Gasteiger partial charge in [0.1, 0.15) is 11.2 Å². The third-order valence-corrected chi connectivity index (χ3v) is 4.10. The number of hydrogen-bond acceptors (Lipinski definition) is 12. The zero-order valence-electron chi connectivity index (χ0n) is 26.6. The van der Waals surface area contributed by atoms with Gasteiger partial charge in [0, 0.05) is 43.1 Å². The van der Waals surface area contributed by atoms with E-state index in [1.807, 2.05) is 27.7 Å². The number of carbonyl (C=O) groups is 3. The van der Waals surface area contributed by atoms with E-state index in [2.05, 4.69) is 94.7 Å². The molecule has 44 heavy (non-hydrogen) atoms. The maximum atomic E-state index is 11.5. The van der Waals surface area contributed by atoms with Crippen LogP contribution in [0.2, 0.25) is 0 Å². The van der Waals surface area contributed by atoms with Gasteiger partial charge in [0.2, 0.25) is 11.8 Å². The van der Waals surface area contributed by atoms with Gasteiger partial charge in [-0.15, -0.1) is 24.0 Å². The number of hydrogen-bond donors (Lipinski definition) is 2. The standard InChI is InChI=1S/C11H18N2O3.C9H16O4.C5H9N3O.I3.I2.HI/c1-7(10-12-8(2)13-16-10)6-9(14)15-11(3,4)5;1-6(8(11)12)5-7(10)13-9(2,3)4;1-3(6)5-7-4(2)8-9-5;1-3-2;1-2;/h7H,6H2,1-5H3;6H,5H2,1-4H3,(H,11,12);3H,6H2,1-2H3;;;1H/q;;;-1;;/t7-;6-;3-;;;/m001.../s1. The topological polar surface area (TPSA) is 194 Å². The molecule has 0 saturated carbocycles. The summed E-state index contributed by atoms with van der Waals surface area (Å²) < 4.78 is 19.9. The molecule has 19 heteroatoms. The Hall–Kier alpha value is 1.03. The first-order chi connectivity index (χ1) is 19.6. The van der Waals surface area contributed by atoms with Crippen molar-refractivity contribution < 1.29 is 51.3 Å². The molecule has 2 aromatic heterocycles. The number of nitrogens with zero attached hydrogens (tertiary/aromatic N) is 4. The number of carboxylic acids is 1. The number of carbonyl (C=O) groups excluding carboxylic acids is 2. The van der Waals surface area contributed by atoms with Gasteiger partial charge in [0.05, 0.1) is 24.8 Å². The Kier molecular flexibility index (Phi) is 32.9.